The standard InChI is InChI=1S/C10H7BrO3/c1-5-2-6(11)3-7-8(10(12)13)4-14-9(5)7/h2-4H,1H3,(H,12,13). The molecule has 4 heteroatoms. The molecule has 72 valence electrons. The molecule has 0 unspecified atom stereocenters. The molecule has 14 heavy (non-hydrogen) atoms. The van der Waals surface area contributed by atoms with E-state index in [2.05, 4.69) is 15.9 Å². The van der Waals surface area contributed by atoms with E-state index >= 15 is 0 Å². The van der Waals surface area contributed by atoms with E-state index in [-0.39, 0.29) is 5.56 Å². The minimum absolute atomic E-state index is 0.199. The van der Waals surface area contributed by atoms with Gasteiger partial charge < -0.3 is 9.52 Å². The Labute approximate surface area is 88.5 Å². The predicted octanol–water partition coefficient (Wildman–Crippen LogP) is 3.20. The number of carboxylic acids is 1. The van der Waals surface area contributed by atoms with Gasteiger partial charge in [-0.15, -0.1) is 0 Å². The second-order valence-electron chi connectivity index (χ2n) is 3.05. The van der Waals surface area contributed by atoms with Crippen molar-refractivity contribution in [3.63, 3.8) is 0 Å². The minimum atomic E-state index is -0.971. The monoisotopic (exact) mass is 254 g/mol. The fraction of sp³-hybridized carbons (Fsp3) is 0.100. The number of carbonyl (C=O) groups is 1. The topological polar surface area (TPSA) is 50.4 Å². The van der Waals surface area contributed by atoms with Gasteiger partial charge in [0.15, 0.2) is 0 Å². The summed E-state index contributed by atoms with van der Waals surface area (Å²) in [6, 6.07) is 3.63. The maximum atomic E-state index is 10.8. The fourth-order valence-electron chi connectivity index (χ4n) is 1.43. The van der Waals surface area contributed by atoms with Crippen LogP contribution in [0, 0.1) is 6.92 Å². The second-order valence-corrected chi connectivity index (χ2v) is 3.97. The first kappa shape index (κ1) is 9.27. The van der Waals surface area contributed by atoms with Gasteiger partial charge in [-0.2, -0.15) is 0 Å². The van der Waals surface area contributed by atoms with Gasteiger partial charge >= 0.3 is 5.97 Å². The number of benzene rings is 1. The lowest BCUT2D eigenvalue weighted by molar-refractivity contribution is 0.0698. The molecule has 0 aliphatic carbocycles. The van der Waals surface area contributed by atoms with Gasteiger partial charge in [-0.3, -0.25) is 0 Å². The summed E-state index contributed by atoms with van der Waals surface area (Å²) >= 11 is 3.32. The first-order valence-electron chi connectivity index (χ1n) is 4.00. The van der Waals surface area contributed by atoms with Crippen LogP contribution in [0.4, 0.5) is 0 Å². The third-order valence-corrected chi connectivity index (χ3v) is 2.51. The van der Waals surface area contributed by atoms with Gasteiger partial charge in [0, 0.05) is 9.86 Å². The van der Waals surface area contributed by atoms with Crippen molar-refractivity contribution in [2.24, 2.45) is 0 Å². The van der Waals surface area contributed by atoms with Gasteiger partial charge in [0.2, 0.25) is 0 Å². The quantitative estimate of drug-likeness (QED) is 0.851. The lowest BCUT2D eigenvalue weighted by Crippen LogP contribution is -1.93. The summed E-state index contributed by atoms with van der Waals surface area (Å²) in [5, 5.41) is 9.51. The normalized spacial score (nSPS) is 10.7. The summed E-state index contributed by atoms with van der Waals surface area (Å²) in [6.45, 7) is 1.88. The smallest absolute Gasteiger partial charge is 0.339 e. The van der Waals surface area contributed by atoms with Crippen LogP contribution in [-0.4, -0.2) is 11.1 Å². The molecule has 0 aliphatic rings. The van der Waals surface area contributed by atoms with Crippen LogP contribution < -0.4 is 0 Å². The predicted molar refractivity (Wildman–Crippen MR) is 55.6 cm³/mol. The zero-order valence-corrected chi connectivity index (χ0v) is 8.96. The van der Waals surface area contributed by atoms with E-state index in [1.807, 2.05) is 13.0 Å². The van der Waals surface area contributed by atoms with Crippen LogP contribution in [0.1, 0.15) is 15.9 Å². The number of halogens is 1. The highest BCUT2D eigenvalue weighted by atomic mass is 79.9. The van der Waals surface area contributed by atoms with E-state index in [4.69, 9.17) is 9.52 Å². The molecular formula is C10H7BrO3. The third kappa shape index (κ3) is 1.32. The molecule has 3 nitrogen and oxygen atoms in total. The summed E-state index contributed by atoms with van der Waals surface area (Å²) in [5.74, 6) is -0.971. The highest BCUT2D eigenvalue weighted by molar-refractivity contribution is 9.10. The highest BCUT2D eigenvalue weighted by Gasteiger charge is 2.14. The number of hydrogen-bond acceptors (Lipinski definition) is 2. The Morgan fingerprint density at radius 3 is 2.86 bits per heavy atom. The van der Waals surface area contributed by atoms with Gasteiger partial charge in [-0.05, 0) is 24.6 Å². The molecule has 0 amide bonds. The number of fused-ring (bicyclic) bond motifs is 1. The fourth-order valence-corrected chi connectivity index (χ4v) is 2.01. The molecule has 2 aromatic rings. The summed E-state index contributed by atoms with van der Waals surface area (Å²) in [5.41, 5.74) is 1.75. The molecular weight excluding hydrogens is 248 g/mol. The van der Waals surface area contributed by atoms with Crippen LogP contribution in [0.3, 0.4) is 0 Å². The maximum absolute atomic E-state index is 10.8. The molecule has 0 spiro atoms. The van der Waals surface area contributed by atoms with Crippen molar-refractivity contribution >= 4 is 32.9 Å². The molecule has 1 N–H and O–H groups in total. The number of carboxylic acid groups (broad SMARTS) is 1. The molecule has 1 aromatic heterocycles. The Morgan fingerprint density at radius 2 is 2.21 bits per heavy atom. The molecule has 0 atom stereocenters. The number of rotatable bonds is 1. The lowest BCUT2D eigenvalue weighted by atomic mass is 10.1. The molecule has 0 saturated heterocycles. The van der Waals surface area contributed by atoms with E-state index in [0.29, 0.717) is 11.0 Å². The molecule has 0 radical (unpaired) electrons. The van der Waals surface area contributed by atoms with Crippen LogP contribution in [0.25, 0.3) is 11.0 Å². The van der Waals surface area contributed by atoms with E-state index in [0.717, 1.165) is 10.0 Å². The van der Waals surface area contributed by atoms with Crippen LogP contribution in [0.2, 0.25) is 0 Å². The maximum Gasteiger partial charge on any atom is 0.339 e. The molecule has 2 rings (SSSR count). The zero-order valence-electron chi connectivity index (χ0n) is 7.37. The molecule has 0 bridgehead atoms. The number of aromatic carboxylic acids is 1. The zero-order chi connectivity index (χ0) is 10.3. The Balaban J connectivity index is 2.85. The van der Waals surface area contributed by atoms with E-state index in [1.165, 1.54) is 6.26 Å². The minimum Gasteiger partial charge on any atom is -0.478 e. The van der Waals surface area contributed by atoms with Crippen LogP contribution in [-0.2, 0) is 0 Å². The summed E-state index contributed by atoms with van der Waals surface area (Å²) in [7, 11) is 0. The third-order valence-electron chi connectivity index (χ3n) is 2.05. The van der Waals surface area contributed by atoms with E-state index < -0.39 is 5.97 Å². The average molecular weight is 255 g/mol. The molecule has 1 aromatic carbocycles. The number of furan rings is 1. The van der Waals surface area contributed by atoms with Crippen molar-refractivity contribution in [1.82, 2.24) is 0 Å². The van der Waals surface area contributed by atoms with Crippen LogP contribution in [0.5, 0.6) is 0 Å². The van der Waals surface area contributed by atoms with Gasteiger partial charge in [0.1, 0.15) is 17.4 Å². The van der Waals surface area contributed by atoms with Gasteiger partial charge in [0.25, 0.3) is 0 Å². The lowest BCUT2D eigenvalue weighted by Gasteiger charge is -1.96. The summed E-state index contributed by atoms with van der Waals surface area (Å²) in [6.07, 6.45) is 1.27. The van der Waals surface area contributed by atoms with Gasteiger partial charge in [-0.1, -0.05) is 15.9 Å². The first-order valence-corrected chi connectivity index (χ1v) is 4.79. The van der Waals surface area contributed by atoms with E-state index in [9.17, 15) is 4.79 Å². The van der Waals surface area contributed by atoms with Gasteiger partial charge in [-0.25, -0.2) is 4.79 Å². The summed E-state index contributed by atoms with van der Waals surface area (Å²) < 4.78 is 6.05. The van der Waals surface area contributed by atoms with Crippen molar-refractivity contribution in [2.75, 3.05) is 0 Å². The number of hydrogen-bond donors (Lipinski definition) is 1. The van der Waals surface area contributed by atoms with Crippen LogP contribution in [0.15, 0.2) is 27.3 Å². The van der Waals surface area contributed by atoms with Crippen molar-refractivity contribution in [1.29, 1.82) is 0 Å². The van der Waals surface area contributed by atoms with Crippen molar-refractivity contribution in [2.45, 2.75) is 6.92 Å². The highest BCUT2D eigenvalue weighted by Crippen LogP contribution is 2.28. The summed E-state index contributed by atoms with van der Waals surface area (Å²) in [4.78, 5) is 10.8. The average Bonchev–Trinajstić information content (AvgIpc) is 2.47. The Hall–Kier alpha value is -1.29. The van der Waals surface area contributed by atoms with Crippen molar-refractivity contribution in [3.8, 4) is 0 Å². The second kappa shape index (κ2) is 3.13. The Morgan fingerprint density at radius 1 is 1.50 bits per heavy atom. The Kier molecular flexibility index (Phi) is 2.07. The van der Waals surface area contributed by atoms with Gasteiger partial charge in [0.05, 0.1) is 0 Å². The SMILES string of the molecule is Cc1cc(Br)cc2c(C(=O)O)coc12. The van der Waals surface area contributed by atoms with Crippen molar-refractivity contribution < 1.29 is 14.3 Å². The molecule has 0 fully saturated rings. The largest absolute Gasteiger partial charge is 0.478 e. The molecule has 0 aliphatic heterocycles. The first-order chi connectivity index (χ1) is 6.59. The molecule has 1 heterocycles. The Bertz CT molecular complexity index is 513. The van der Waals surface area contributed by atoms with Crippen LogP contribution >= 0.6 is 15.9 Å². The van der Waals surface area contributed by atoms with Crippen molar-refractivity contribution in [3.05, 3.63) is 34.0 Å². The van der Waals surface area contributed by atoms with E-state index in [1.54, 1.807) is 6.07 Å². The number of aryl methyl sites for hydroxylation is 1. The molecule has 0 saturated carbocycles.